The highest BCUT2D eigenvalue weighted by atomic mass is 16.6. The van der Waals surface area contributed by atoms with Crippen LogP contribution in [0, 0.1) is 11.3 Å². The highest BCUT2D eigenvalue weighted by molar-refractivity contribution is 5.80. The van der Waals surface area contributed by atoms with Crippen LogP contribution in [0.25, 0.3) is 11.1 Å². The summed E-state index contributed by atoms with van der Waals surface area (Å²) in [5, 5.41) is 9.79. The number of nitrogens with zero attached hydrogens (tertiary/aromatic N) is 1. The lowest BCUT2D eigenvalue weighted by atomic mass is 9.74. The summed E-state index contributed by atoms with van der Waals surface area (Å²) in [6.07, 6.45) is -0.0120. The van der Waals surface area contributed by atoms with Crippen molar-refractivity contribution in [3.63, 3.8) is 0 Å². The summed E-state index contributed by atoms with van der Waals surface area (Å²) in [6, 6.07) is 16.4. The van der Waals surface area contributed by atoms with Crippen LogP contribution in [0.5, 0.6) is 0 Å². The lowest BCUT2D eigenvalue weighted by molar-refractivity contribution is -0.157. The second-order valence-corrected chi connectivity index (χ2v) is 8.17. The minimum Gasteiger partial charge on any atom is -0.481 e. The Morgan fingerprint density at radius 2 is 1.76 bits per heavy atom. The van der Waals surface area contributed by atoms with Crippen LogP contribution in [0.4, 0.5) is 4.79 Å². The molecule has 0 unspecified atom stereocenters. The van der Waals surface area contributed by atoms with E-state index in [0.717, 1.165) is 11.1 Å². The van der Waals surface area contributed by atoms with E-state index in [1.54, 1.807) is 4.90 Å². The summed E-state index contributed by atoms with van der Waals surface area (Å²) < 4.78 is 11.2. The SMILES string of the molecule is O=C(OCC1c2ccccc2-c2ccccc21)N1C[C@H]2COCC[C@@]2(C(=O)O)C1. The number of carboxylic acids is 1. The molecular formula is C23H23NO5. The molecule has 2 aliphatic heterocycles. The van der Waals surface area contributed by atoms with Crippen molar-refractivity contribution in [2.45, 2.75) is 12.3 Å². The highest BCUT2D eigenvalue weighted by Gasteiger charge is 2.55. The molecule has 2 aromatic carbocycles. The second kappa shape index (κ2) is 6.88. The van der Waals surface area contributed by atoms with Gasteiger partial charge < -0.3 is 19.5 Å². The number of fused-ring (bicyclic) bond motifs is 4. The molecule has 2 heterocycles. The van der Waals surface area contributed by atoms with Gasteiger partial charge in [-0.05, 0) is 28.7 Å². The zero-order chi connectivity index (χ0) is 20.0. The summed E-state index contributed by atoms with van der Waals surface area (Å²) >= 11 is 0. The third-order valence-electron chi connectivity index (χ3n) is 6.73. The number of hydrogen-bond acceptors (Lipinski definition) is 4. The largest absolute Gasteiger partial charge is 0.481 e. The Morgan fingerprint density at radius 3 is 2.38 bits per heavy atom. The van der Waals surface area contributed by atoms with E-state index >= 15 is 0 Å². The maximum Gasteiger partial charge on any atom is 0.409 e. The number of carbonyl (C=O) groups is 2. The maximum atomic E-state index is 12.8. The molecule has 2 saturated heterocycles. The van der Waals surface area contributed by atoms with Crippen LogP contribution < -0.4 is 0 Å². The van der Waals surface area contributed by atoms with Crippen LogP contribution in [0.2, 0.25) is 0 Å². The van der Waals surface area contributed by atoms with Crippen molar-refractivity contribution in [2.75, 3.05) is 32.9 Å². The van der Waals surface area contributed by atoms with Crippen molar-refractivity contribution in [2.24, 2.45) is 11.3 Å². The first-order chi connectivity index (χ1) is 14.1. The van der Waals surface area contributed by atoms with Crippen LogP contribution in [0.1, 0.15) is 23.5 Å². The van der Waals surface area contributed by atoms with Gasteiger partial charge >= 0.3 is 12.1 Å². The molecule has 3 aliphatic rings. The van der Waals surface area contributed by atoms with Crippen molar-refractivity contribution in [3.8, 4) is 11.1 Å². The van der Waals surface area contributed by atoms with Gasteiger partial charge in [0, 0.05) is 31.5 Å². The molecule has 1 amide bonds. The zero-order valence-electron chi connectivity index (χ0n) is 16.0. The average molecular weight is 393 g/mol. The standard InChI is InChI=1S/C23H23NO5/c25-21(26)23-9-10-28-12-15(23)11-24(14-23)22(27)29-13-20-18-7-3-1-5-16(18)17-6-2-4-8-19(17)20/h1-8,15,20H,9-14H2,(H,25,26)/t15-,23+/m0/s1. The van der Waals surface area contributed by atoms with Crippen LogP contribution in [0.3, 0.4) is 0 Å². The Labute approximate surface area is 169 Å². The van der Waals surface area contributed by atoms with Crippen LogP contribution in [0.15, 0.2) is 48.5 Å². The smallest absolute Gasteiger partial charge is 0.409 e. The highest BCUT2D eigenvalue weighted by Crippen LogP contribution is 2.45. The minimum atomic E-state index is -0.913. The predicted molar refractivity (Wildman–Crippen MR) is 106 cm³/mol. The fourth-order valence-electron chi connectivity index (χ4n) is 5.12. The van der Waals surface area contributed by atoms with Crippen molar-refractivity contribution < 1.29 is 24.2 Å². The molecule has 1 aliphatic carbocycles. The predicted octanol–water partition coefficient (Wildman–Crippen LogP) is 3.36. The molecule has 1 N–H and O–H groups in total. The molecule has 0 saturated carbocycles. The van der Waals surface area contributed by atoms with E-state index in [0.29, 0.717) is 26.2 Å². The zero-order valence-corrected chi connectivity index (χ0v) is 16.0. The van der Waals surface area contributed by atoms with Crippen LogP contribution >= 0.6 is 0 Å². The molecule has 5 rings (SSSR count). The van der Waals surface area contributed by atoms with E-state index in [1.165, 1.54) is 11.1 Å². The fourth-order valence-corrected chi connectivity index (χ4v) is 5.12. The van der Waals surface area contributed by atoms with E-state index in [9.17, 15) is 14.7 Å². The number of benzene rings is 2. The topological polar surface area (TPSA) is 76.1 Å². The van der Waals surface area contributed by atoms with Crippen molar-refractivity contribution >= 4 is 12.1 Å². The van der Waals surface area contributed by atoms with Gasteiger partial charge in [0.1, 0.15) is 6.61 Å². The third-order valence-corrected chi connectivity index (χ3v) is 6.73. The fraction of sp³-hybridized carbons (Fsp3) is 0.391. The first-order valence-electron chi connectivity index (χ1n) is 10.0. The summed E-state index contributed by atoms with van der Waals surface area (Å²) in [7, 11) is 0. The average Bonchev–Trinajstić information content (AvgIpc) is 3.30. The number of likely N-dealkylation sites (tertiary alicyclic amines) is 1. The Balaban J connectivity index is 1.32. The molecule has 29 heavy (non-hydrogen) atoms. The van der Waals surface area contributed by atoms with Gasteiger partial charge in [-0.3, -0.25) is 4.79 Å². The Bertz CT molecular complexity index is 928. The van der Waals surface area contributed by atoms with Gasteiger partial charge in [0.05, 0.1) is 12.0 Å². The van der Waals surface area contributed by atoms with E-state index in [2.05, 4.69) is 24.3 Å². The molecule has 0 aromatic heterocycles. The van der Waals surface area contributed by atoms with Gasteiger partial charge in [0.25, 0.3) is 0 Å². The monoisotopic (exact) mass is 393 g/mol. The molecule has 0 spiro atoms. The molecule has 2 aromatic rings. The number of carboxylic acid groups (broad SMARTS) is 1. The van der Waals surface area contributed by atoms with Gasteiger partial charge in [-0.1, -0.05) is 48.5 Å². The Morgan fingerprint density at radius 1 is 1.10 bits per heavy atom. The van der Waals surface area contributed by atoms with Crippen molar-refractivity contribution in [3.05, 3.63) is 59.7 Å². The summed E-state index contributed by atoms with van der Waals surface area (Å²) in [6.45, 7) is 1.58. The molecular weight excluding hydrogens is 370 g/mol. The molecule has 150 valence electrons. The van der Waals surface area contributed by atoms with Crippen molar-refractivity contribution in [1.29, 1.82) is 0 Å². The number of hydrogen-bond donors (Lipinski definition) is 1. The molecule has 6 nitrogen and oxygen atoms in total. The normalized spacial score (nSPS) is 25.2. The van der Waals surface area contributed by atoms with Gasteiger partial charge in [-0.25, -0.2) is 4.79 Å². The number of ether oxygens (including phenoxy) is 2. The van der Waals surface area contributed by atoms with E-state index in [4.69, 9.17) is 9.47 Å². The molecule has 0 radical (unpaired) electrons. The minimum absolute atomic E-state index is 0.00648. The summed E-state index contributed by atoms with van der Waals surface area (Å²) in [5.41, 5.74) is 3.76. The van der Waals surface area contributed by atoms with Crippen LogP contribution in [-0.4, -0.2) is 55.0 Å². The van der Waals surface area contributed by atoms with Gasteiger partial charge in [-0.2, -0.15) is 0 Å². The molecule has 0 bridgehead atoms. The third kappa shape index (κ3) is 2.82. The van der Waals surface area contributed by atoms with Gasteiger partial charge in [0.2, 0.25) is 0 Å². The van der Waals surface area contributed by atoms with Gasteiger partial charge in [-0.15, -0.1) is 0 Å². The maximum absolute atomic E-state index is 12.8. The summed E-state index contributed by atoms with van der Waals surface area (Å²) in [4.78, 5) is 26.3. The van der Waals surface area contributed by atoms with E-state index < -0.39 is 17.5 Å². The van der Waals surface area contributed by atoms with Gasteiger partial charge in [0.15, 0.2) is 0 Å². The number of carbonyl (C=O) groups excluding carboxylic acids is 1. The second-order valence-electron chi connectivity index (χ2n) is 8.17. The van der Waals surface area contributed by atoms with Crippen molar-refractivity contribution in [1.82, 2.24) is 4.90 Å². The number of amides is 1. The molecule has 6 heteroatoms. The van der Waals surface area contributed by atoms with Crippen LogP contribution in [-0.2, 0) is 14.3 Å². The number of rotatable bonds is 3. The summed E-state index contributed by atoms with van der Waals surface area (Å²) in [5.74, 6) is -1.04. The first kappa shape index (κ1) is 18.2. The quantitative estimate of drug-likeness (QED) is 0.865. The molecule has 2 fully saturated rings. The number of aliphatic carboxylic acids is 1. The Hall–Kier alpha value is -2.86. The first-order valence-corrected chi connectivity index (χ1v) is 10.0. The Kier molecular flexibility index (Phi) is 4.32. The van der Waals surface area contributed by atoms with E-state index in [-0.39, 0.29) is 25.0 Å². The lowest BCUT2D eigenvalue weighted by Crippen LogP contribution is -2.45. The lowest BCUT2D eigenvalue weighted by Gasteiger charge is -2.33. The molecule has 2 atom stereocenters. The van der Waals surface area contributed by atoms with E-state index in [1.807, 2.05) is 24.3 Å².